The number of aromatic hydroxyl groups is 1. The smallest absolute Gasteiger partial charge is 0.264 e. The van der Waals surface area contributed by atoms with Crippen molar-refractivity contribution in [2.45, 2.75) is 13.5 Å². The highest BCUT2D eigenvalue weighted by Gasteiger charge is 2.17. The Balaban J connectivity index is 1.78. The summed E-state index contributed by atoms with van der Waals surface area (Å²) in [5, 5.41) is 17.7. The topological polar surface area (TPSA) is 85.0 Å². The van der Waals surface area contributed by atoms with Crippen LogP contribution in [-0.4, -0.2) is 24.4 Å². The van der Waals surface area contributed by atoms with Gasteiger partial charge in [0.15, 0.2) is 5.65 Å². The predicted octanol–water partition coefficient (Wildman–Crippen LogP) is 2.75. The fourth-order valence-corrected chi connectivity index (χ4v) is 3.02. The Labute approximate surface area is 155 Å². The molecule has 0 fully saturated rings. The predicted molar refractivity (Wildman–Crippen MR) is 104 cm³/mol. The molecule has 7 nitrogen and oxygen atoms in total. The number of aryl methyl sites for hydroxylation is 1. The number of hydrogen-bond donors (Lipinski definition) is 2. The van der Waals surface area contributed by atoms with Crippen LogP contribution in [0.15, 0.2) is 59.4 Å². The Kier molecular flexibility index (Phi) is 4.12. The number of nitrogens with zero attached hydrogens (tertiary/aromatic N) is 4. The van der Waals surface area contributed by atoms with Crippen molar-refractivity contribution in [2.24, 2.45) is 7.05 Å². The lowest BCUT2D eigenvalue weighted by molar-refractivity contribution is 0.475. The van der Waals surface area contributed by atoms with Gasteiger partial charge >= 0.3 is 0 Å². The zero-order valence-corrected chi connectivity index (χ0v) is 15.0. The fourth-order valence-electron chi connectivity index (χ4n) is 3.02. The molecule has 2 heterocycles. The van der Waals surface area contributed by atoms with Crippen LogP contribution in [0.4, 0.5) is 5.69 Å². The van der Waals surface area contributed by atoms with Crippen LogP contribution in [0.3, 0.4) is 0 Å². The minimum atomic E-state index is -0.123. The molecule has 0 aliphatic rings. The van der Waals surface area contributed by atoms with Crippen molar-refractivity contribution in [3.63, 3.8) is 0 Å². The molecule has 0 spiro atoms. The fraction of sp³-hybridized carbons (Fsp3) is 0.150. The number of hydrogen-bond acceptors (Lipinski definition) is 5. The Bertz CT molecular complexity index is 1160. The van der Waals surface area contributed by atoms with Crippen LogP contribution in [-0.2, 0) is 13.6 Å². The minimum Gasteiger partial charge on any atom is -0.508 e. The van der Waals surface area contributed by atoms with Crippen LogP contribution in [0, 0.1) is 6.92 Å². The summed E-state index contributed by atoms with van der Waals surface area (Å²) in [4.78, 5) is 17.6. The summed E-state index contributed by atoms with van der Waals surface area (Å²) >= 11 is 0. The Morgan fingerprint density at radius 2 is 1.78 bits per heavy atom. The molecule has 0 aliphatic heterocycles. The molecule has 2 aromatic heterocycles. The summed E-state index contributed by atoms with van der Waals surface area (Å²) in [6.07, 6.45) is 0. The van der Waals surface area contributed by atoms with Crippen molar-refractivity contribution < 1.29 is 5.11 Å². The van der Waals surface area contributed by atoms with Gasteiger partial charge in [0, 0.05) is 12.7 Å². The largest absolute Gasteiger partial charge is 0.508 e. The SMILES string of the molecule is Cc1nn(-c2ccccc2)c2nc(CNc3ccc(O)cc3)n(C)c(=O)c12. The highest BCUT2D eigenvalue weighted by Crippen LogP contribution is 2.18. The van der Waals surface area contributed by atoms with E-state index in [4.69, 9.17) is 4.98 Å². The van der Waals surface area contributed by atoms with Gasteiger partial charge in [0.05, 0.1) is 17.9 Å². The van der Waals surface area contributed by atoms with Gasteiger partial charge in [-0.15, -0.1) is 0 Å². The summed E-state index contributed by atoms with van der Waals surface area (Å²) in [6, 6.07) is 16.4. The van der Waals surface area contributed by atoms with Crippen molar-refractivity contribution in [1.29, 1.82) is 0 Å². The number of para-hydroxylation sites is 1. The van der Waals surface area contributed by atoms with Gasteiger partial charge in [-0.1, -0.05) is 18.2 Å². The molecule has 0 saturated heterocycles. The van der Waals surface area contributed by atoms with Gasteiger partial charge in [0.2, 0.25) is 0 Å². The summed E-state index contributed by atoms with van der Waals surface area (Å²) in [6.45, 7) is 2.19. The van der Waals surface area contributed by atoms with Crippen LogP contribution in [0.25, 0.3) is 16.7 Å². The van der Waals surface area contributed by atoms with Crippen LogP contribution in [0.1, 0.15) is 11.5 Å². The van der Waals surface area contributed by atoms with Gasteiger partial charge in [-0.3, -0.25) is 9.36 Å². The van der Waals surface area contributed by atoms with Gasteiger partial charge in [-0.2, -0.15) is 5.10 Å². The molecular weight excluding hydrogens is 342 g/mol. The Hall–Kier alpha value is -3.61. The lowest BCUT2D eigenvalue weighted by Gasteiger charge is -2.11. The molecule has 0 amide bonds. The third-order valence-corrected chi connectivity index (χ3v) is 4.50. The zero-order valence-electron chi connectivity index (χ0n) is 15.0. The zero-order chi connectivity index (χ0) is 19.0. The van der Waals surface area contributed by atoms with E-state index in [0.717, 1.165) is 11.4 Å². The molecule has 27 heavy (non-hydrogen) atoms. The van der Waals surface area contributed by atoms with Crippen molar-refractivity contribution >= 4 is 16.7 Å². The summed E-state index contributed by atoms with van der Waals surface area (Å²) in [5.41, 5.74) is 2.76. The van der Waals surface area contributed by atoms with E-state index in [-0.39, 0.29) is 11.3 Å². The van der Waals surface area contributed by atoms with E-state index in [9.17, 15) is 9.90 Å². The van der Waals surface area contributed by atoms with E-state index in [1.165, 1.54) is 0 Å². The lowest BCUT2D eigenvalue weighted by atomic mass is 10.3. The molecule has 7 heteroatoms. The second-order valence-corrected chi connectivity index (χ2v) is 6.32. The van der Waals surface area contributed by atoms with E-state index in [1.807, 2.05) is 37.3 Å². The third-order valence-electron chi connectivity index (χ3n) is 4.50. The number of benzene rings is 2. The van der Waals surface area contributed by atoms with Gasteiger partial charge in [-0.25, -0.2) is 9.67 Å². The van der Waals surface area contributed by atoms with Crippen molar-refractivity contribution in [3.05, 3.63) is 76.5 Å². The van der Waals surface area contributed by atoms with E-state index in [0.29, 0.717) is 29.1 Å². The number of anilines is 1. The van der Waals surface area contributed by atoms with E-state index in [2.05, 4.69) is 10.4 Å². The number of fused-ring (bicyclic) bond motifs is 1. The van der Waals surface area contributed by atoms with Crippen LogP contribution < -0.4 is 10.9 Å². The molecule has 0 bridgehead atoms. The molecule has 0 aliphatic carbocycles. The van der Waals surface area contributed by atoms with E-state index in [1.54, 1.807) is 40.6 Å². The number of phenolic OH excluding ortho intramolecular Hbond substituents is 1. The average molecular weight is 361 g/mol. The average Bonchev–Trinajstić information content (AvgIpc) is 3.02. The minimum absolute atomic E-state index is 0.123. The summed E-state index contributed by atoms with van der Waals surface area (Å²) in [7, 11) is 1.71. The highest BCUT2D eigenvalue weighted by molar-refractivity contribution is 5.78. The normalized spacial score (nSPS) is 11.0. The van der Waals surface area contributed by atoms with Gasteiger partial charge in [-0.05, 0) is 43.3 Å². The summed E-state index contributed by atoms with van der Waals surface area (Å²) in [5.74, 6) is 0.799. The maximum Gasteiger partial charge on any atom is 0.264 e. The molecule has 4 aromatic rings. The van der Waals surface area contributed by atoms with Gasteiger partial charge in [0.1, 0.15) is 17.0 Å². The first-order valence-corrected chi connectivity index (χ1v) is 8.58. The number of phenols is 1. The maximum absolute atomic E-state index is 12.9. The van der Waals surface area contributed by atoms with Crippen LogP contribution in [0.2, 0.25) is 0 Å². The maximum atomic E-state index is 12.9. The van der Waals surface area contributed by atoms with Crippen LogP contribution in [0.5, 0.6) is 5.75 Å². The lowest BCUT2D eigenvalue weighted by Crippen LogP contribution is -2.24. The van der Waals surface area contributed by atoms with Crippen molar-refractivity contribution in [2.75, 3.05) is 5.32 Å². The monoisotopic (exact) mass is 361 g/mol. The molecule has 0 saturated carbocycles. The molecular formula is C20H19N5O2. The quantitative estimate of drug-likeness (QED) is 0.546. The Morgan fingerprint density at radius 1 is 1.07 bits per heavy atom. The first-order chi connectivity index (χ1) is 13.0. The molecule has 4 rings (SSSR count). The number of aromatic nitrogens is 4. The van der Waals surface area contributed by atoms with Gasteiger partial charge in [0.25, 0.3) is 5.56 Å². The number of rotatable bonds is 4. The summed E-state index contributed by atoms with van der Waals surface area (Å²) < 4.78 is 3.25. The number of nitrogens with one attached hydrogen (secondary N) is 1. The molecule has 136 valence electrons. The van der Waals surface area contributed by atoms with Crippen molar-refractivity contribution in [3.8, 4) is 11.4 Å². The van der Waals surface area contributed by atoms with Crippen LogP contribution >= 0.6 is 0 Å². The first kappa shape index (κ1) is 16.8. The molecule has 0 unspecified atom stereocenters. The van der Waals surface area contributed by atoms with E-state index < -0.39 is 0 Å². The second-order valence-electron chi connectivity index (χ2n) is 6.32. The Morgan fingerprint density at radius 3 is 2.48 bits per heavy atom. The second kappa shape index (κ2) is 6.60. The van der Waals surface area contributed by atoms with Gasteiger partial charge < -0.3 is 10.4 Å². The molecule has 2 N–H and O–H groups in total. The highest BCUT2D eigenvalue weighted by atomic mass is 16.3. The standard InChI is InChI=1S/C20H19N5O2/c1-13-18-19(25(23-13)15-6-4-3-5-7-15)22-17(24(2)20(18)27)12-21-14-8-10-16(26)11-9-14/h3-11,21,26H,12H2,1-2H3. The molecule has 0 atom stereocenters. The van der Waals surface area contributed by atoms with Crippen molar-refractivity contribution in [1.82, 2.24) is 19.3 Å². The molecule has 0 radical (unpaired) electrons. The first-order valence-electron chi connectivity index (χ1n) is 8.58. The van der Waals surface area contributed by atoms with E-state index >= 15 is 0 Å². The molecule has 2 aromatic carbocycles. The third kappa shape index (κ3) is 3.03.